The number of fused-ring (bicyclic) bond motifs is 3. The van der Waals surface area contributed by atoms with E-state index in [0.29, 0.717) is 5.82 Å². The molecule has 0 saturated carbocycles. The number of nitrogen functional groups attached to an aromatic ring is 2. The Bertz CT molecular complexity index is 1170. The van der Waals surface area contributed by atoms with E-state index in [0.717, 1.165) is 45.4 Å². The first-order valence-corrected chi connectivity index (χ1v) is 9.04. The van der Waals surface area contributed by atoms with Crippen LogP contribution < -0.4 is 16.2 Å². The van der Waals surface area contributed by atoms with Crippen LogP contribution in [0, 0.1) is 6.92 Å². The second-order valence-electron chi connectivity index (χ2n) is 6.88. The lowest BCUT2D eigenvalue weighted by Gasteiger charge is -2.15. The van der Waals surface area contributed by atoms with Gasteiger partial charge in [0.1, 0.15) is 29.5 Å². The fraction of sp³-hybridized carbons (Fsp3) is 0.0909. The number of hydrogen-bond donors (Lipinski definition) is 2. The molecule has 0 amide bonds. The van der Waals surface area contributed by atoms with Crippen molar-refractivity contribution in [3.63, 3.8) is 0 Å². The molecule has 1 atom stereocenters. The highest BCUT2D eigenvalue weighted by Gasteiger charge is 2.36. The molecule has 5 rings (SSSR count). The first kappa shape index (κ1) is 16.4. The lowest BCUT2D eigenvalue weighted by molar-refractivity contribution is 0.482. The minimum Gasteiger partial charge on any atom is -0.457 e. The molecule has 3 heterocycles. The van der Waals surface area contributed by atoms with Crippen molar-refractivity contribution in [2.45, 2.75) is 12.8 Å². The highest BCUT2D eigenvalue weighted by atomic mass is 16.5. The van der Waals surface area contributed by atoms with Crippen LogP contribution in [0.4, 0.5) is 11.5 Å². The van der Waals surface area contributed by atoms with Gasteiger partial charge in [0.15, 0.2) is 0 Å². The number of aromatic nitrogens is 3. The van der Waals surface area contributed by atoms with E-state index in [-0.39, 0.29) is 5.92 Å². The van der Waals surface area contributed by atoms with E-state index in [1.165, 1.54) is 6.33 Å². The van der Waals surface area contributed by atoms with Crippen LogP contribution >= 0.6 is 0 Å². The summed E-state index contributed by atoms with van der Waals surface area (Å²) in [4.78, 5) is 8.67. The van der Waals surface area contributed by atoms with Gasteiger partial charge < -0.3 is 20.8 Å². The first-order chi connectivity index (χ1) is 13.6. The molecular weight excluding hydrogens is 350 g/mol. The van der Waals surface area contributed by atoms with Crippen molar-refractivity contribution in [2.24, 2.45) is 0 Å². The maximum Gasteiger partial charge on any atom is 0.146 e. The van der Waals surface area contributed by atoms with Crippen LogP contribution in [0.5, 0.6) is 11.5 Å². The molecule has 1 aliphatic rings. The lowest BCUT2D eigenvalue weighted by Crippen LogP contribution is -2.06. The second kappa shape index (κ2) is 6.13. The van der Waals surface area contributed by atoms with Crippen LogP contribution in [0.15, 0.2) is 67.1 Å². The quantitative estimate of drug-likeness (QED) is 0.501. The molecule has 0 bridgehead atoms. The minimum atomic E-state index is -0.0701. The van der Waals surface area contributed by atoms with Crippen molar-refractivity contribution in [2.75, 3.05) is 11.5 Å². The molecule has 0 aliphatic carbocycles. The number of anilines is 2. The third-order valence-corrected chi connectivity index (χ3v) is 5.22. The Balaban J connectivity index is 1.58. The number of rotatable bonds is 3. The van der Waals surface area contributed by atoms with Gasteiger partial charge in [0.2, 0.25) is 0 Å². The molecule has 0 saturated heterocycles. The van der Waals surface area contributed by atoms with Gasteiger partial charge in [-0.15, -0.1) is 0 Å². The van der Waals surface area contributed by atoms with Crippen molar-refractivity contribution in [3.05, 3.63) is 89.5 Å². The highest BCUT2D eigenvalue weighted by Crippen LogP contribution is 2.46. The van der Waals surface area contributed by atoms with Crippen LogP contribution in [-0.2, 0) is 0 Å². The topological polar surface area (TPSA) is 92.0 Å². The Morgan fingerprint density at radius 1 is 0.929 bits per heavy atom. The number of para-hydroxylation sites is 1. The van der Waals surface area contributed by atoms with E-state index >= 15 is 0 Å². The zero-order valence-electron chi connectivity index (χ0n) is 15.3. The summed E-state index contributed by atoms with van der Waals surface area (Å²) in [6.45, 7) is 2.02. The maximum absolute atomic E-state index is 6.24. The predicted molar refractivity (Wildman–Crippen MR) is 109 cm³/mol. The molecule has 4 aromatic rings. The van der Waals surface area contributed by atoms with Gasteiger partial charge in [-0.25, -0.2) is 9.97 Å². The Labute approximate surface area is 162 Å². The fourth-order valence-electron chi connectivity index (χ4n) is 3.85. The van der Waals surface area contributed by atoms with Gasteiger partial charge in [-0.3, -0.25) is 0 Å². The van der Waals surface area contributed by atoms with E-state index in [9.17, 15) is 0 Å². The summed E-state index contributed by atoms with van der Waals surface area (Å²) in [5, 5.41) is 0. The normalized spacial score (nSPS) is 14.5. The molecule has 6 nitrogen and oxygen atoms in total. The van der Waals surface area contributed by atoms with Gasteiger partial charge in [0.05, 0.1) is 17.2 Å². The third-order valence-electron chi connectivity index (χ3n) is 5.22. The van der Waals surface area contributed by atoms with Gasteiger partial charge in [0, 0.05) is 11.9 Å². The molecule has 0 radical (unpaired) electrons. The molecule has 0 fully saturated rings. The SMILES string of the molecule is Cc1c(N)cn2c1C(c1ccc(Oc3ccccc3)cc1)c1c(N)ncnc1-2. The molecule has 2 aromatic carbocycles. The Kier molecular flexibility index (Phi) is 3.58. The zero-order valence-corrected chi connectivity index (χ0v) is 15.3. The summed E-state index contributed by atoms with van der Waals surface area (Å²) in [6.07, 6.45) is 3.39. The molecule has 4 N–H and O–H groups in total. The van der Waals surface area contributed by atoms with Crippen molar-refractivity contribution in [1.82, 2.24) is 14.5 Å². The van der Waals surface area contributed by atoms with Crippen LogP contribution in [0.2, 0.25) is 0 Å². The van der Waals surface area contributed by atoms with Gasteiger partial charge >= 0.3 is 0 Å². The van der Waals surface area contributed by atoms with Gasteiger partial charge in [-0.1, -0.05) is 30.3 Å². The second-order valence-corrected chi connectivity index (χ2v) is 6.88. The summed E-state index contributed by atoms with van der Waals surface area (Å²) in [5.74, 6) is 2.78. The van der Waals surface area contributed by atoms with Crippen molar-refractivity contribution in [1.29, 1.82) is 0 Å². The number of nitrogens with two attached hydrogens (primary N) is 2. The Morgan fingerprint density at radius 2 is 1.64 bits per heavy atom. The third kappa shape index (κ3) is 2.42. The molecule has 28 heavy (non-hydrogen) atoms. The van der Waals surface area contributed by atoms with Crippen LogP contribution in [0.25, 0.3) is 5.82 Å². The van der Waals surface area contributed by atoms with E-state index in [1.54, 1.807) is 0 Å². The molecule has 1 aliphatic heterocycles. The van der Waals surface area contributed by atoms with E-state index in [1.807, 2.05) is 60.2 Å². The average molecular weight is 369 g/mol. The van der Waals surface area contributed by atoms with Crippen LogP contribution in [0.1, 0.15) is 28.3 Å². The lowest BCUT2D eigenvalue weighted by atomic mass is 9.89. The molecule has 0 spiro atoms. The summed E-state index contributed by atoms with van der Waals surface area (Å²) in [7, 11) is 0. The zero-order chi connectivity index (χ0) is 19.3. The average Bonchev–Trinajstić information content (AvgIpc) is 3.19. The van der Waals surface area contributed by atoms with Crippen molar-refractivity contribution in [3.8, 4) is 17.3 Å². The van der Waals surface area contributed by atoms with E-state index in [2.05, 4.69) is 22.1 Å². The maximum atomic E-state index is 6.24. The van der Waals surface area contributed by atoms with Crippen molar-refractivity contribution < 1.29 is 4.74 Å². The number of nitrogens with zero attached hydrogens (tertiary/aromatic N) is 3. The van der Waals surface area contributed by atoms with E-state index < -0.39 is 0 Å². The summed E-state index contributed by atoms with van der Waals surface area (Å²) < 4.78 is 7.94. The number of benzene rings is 2. The largest absolute Gasteiger partial charge is 0.457 e. The number of ether oxygens (including phenoxy) is 1. The Hall–Kier alpha value is -3.80. The van der Waals surface area contributed by atoms with Gasteiger partial charge in [0.25, 0.3) is 0 Å². The molecular formula is C22H19N5O. The summed E-state index contributed by atoms with van der Waals surface area (Å²) >= 11 is 0. The molecule has 6 heteroatoms. The summed E-state index contributed by atoms with van der Waals surface area (Å²) in [5.41, 5.74) is 17.3. The van der Waals surface area contributed by atoms with Crippen LogP contribution in [0.3, 0.4) is 0 Å². The molecule has 2 aromatic heterocycles. The monoisotopic (exact) mass is 369 g/mol. The molecule has 1 unspecified atom stereocenters. The minimum absolute atomic E-state index is 0.0701. The Morgan fingerprint density at radius 3 is 2.39 bits per heavy atom. The fourth-order valence-corrected chi connectivity index (χ4v) is 3.85. The summed E-state index contributed by atoms with van der Waals surface area (Å²) in [6, 6.07) is 17.7. The van der Waals surface area contributed by atoms with Gasteiger partial charge in [-0.2, -0.15) is 0 Å². The molecule has 138 valence electrons. The van der Waals surface area contributed by atoms with E-state index in [4.69, 9.17) is 16.2 Å². The number of hydrogen-bond acceptors (Lipinski definition) is 5. The predicted octanol–water partition coefficient (Wildman–Crippen LogP) is 4.03. The smallest absolute Gasteiger partial charge is 0.146 e. The standard InChI is InChI=1S/C22H19N5O/c1-13-17(23)11-27-20(13)18(19-21(24)25-12-26-22(19)27)14-7-9-16(10-8-14)28-15-5-3-2-4-6-15/h2-12,18H,23H2,1H3,(H2,24,25,26). The highest BCUT2D eigenvalue weighted by molar-refractivity contribution is 5.68. The van der Waals surface area contributed by atoms with Crippen LogP contribution in [-0.4, -0.2) is 14.5 Å². The van der Waals surface area contributed by atoms with Gasteiger partial charge in [-0.05, 0) is 42.3 Å². The first-order valence-electron chi connectivity index (χ1n) is 9.04. The van der Waals surface area contributed by atoms with Crippen molar-refractivity contribution >= 4 is 11.5 Å².